The van der Waals surface area contributed by atoms with Gasteiger partial charge in [-0.15, -0.1) is 0 Å². The van der Waals surface area contributed by atoms with Crippen LogP contribution in [0.3, 0.4) is 0 Å². The van der Waals surface area contributed by atoms with Crippen molar-refractivity contribution in [3.63, 3.8) is 0 Å². The molecule has 5 rings (SSSR count). The lowest BCUT2D eigenvalue weighted by Gasteiger charge is -2.55. The first-order valence-corrected chi connectivity index (χ1v) is 20.3. The first kappa shape index (κ1) is 37.0. The first-order chi connectivity index (χ1) is 22.0. The predicted molar refractivity (Wildman–Crippen MR) is 172 cm³/mol. The van der Waals surface area contributed by atoms with E-state index in [1.807, 2.05) is 6.07 Å². The second-order valence-corrected chi connectivity index (χ2v) is 17.8. The Kier molecular flexibility index (Phi) is 11.1. The monoisotopic (exact) mass is 711 g/mol. The number of hydrogen-bond donors (Lipinski definition) is 2. The largest absolute Gasteiger partial charge is 0.453 e. The molecule has 7 atom stereocenters. The molecule has 3 saturated carbocycles. The maximum absolute atomic E-state index is 13.0. The van der Waals surface area contributed by atoms with Crippen LogP contribution in [0.2, 0.25) is 0 Å². The van der Waals surface area contributed by atoms with Crippen molar-refractivity contribution in [2.24, 2.45) is 33.7 Å². The number of alkyl halides is 5. The van der Waals surface area contributed by atoms with Crippen molar-refractivity contribution in [2.45, 2.75) is 134 Å². The lowest BCUT2D eigenvalue weighted by Crippen LogP contribution is -2.47. The number of benzene rings is 1. The van der Waals surface area contributed by atoms with E-state index in [2.05, 4.69) is 6.92 Å². The van der Waals surface area contributed by atoms with E-state index >= 15 is 0 Å². The van der Waals surface area contributed by atoms with Crippen molar-refractivity contribution in [1.29, 1.82) is 0 Å². The second kappa shape index (κ2) is 14.1. The highest BCUT2D eigenvalue weighted by molar-refractivity contribution is 7.85. The van der Waals surface area contributed by atoms with E-state index in [0.29, 0.717) is 40.8 Å². The summed E-state index contributed by atoms with van der Waals surface area (Å²) in [6, 6.07) is 5.23. The van der Waals surface area contributed by atoms with Crippen LogP contribution in [0.15, 0.2) is 18.2 Å². The minimum atomic E-state index is -5.57. The lowest BCUT2D eigenvalue weighted by molar-refractivity contribution is -0.284. The van der Waals surface area contributed by atoms with Crippen LogP contribution >= 0.6 is 0 Å². The molecule has 0 heterocycles. The Morgan fingerprint density at radius 1 is 0.915 bits per heavy atom. The number of nitrogens with two attached hydrogens (primary N) is 1. The Labute approximate surface area is 278 Å². The Bertz CT molecular complexity index is 1390. The van der Waals surface area contributed by atoms with E-state index in [1.54, 1.807) is 12.1 Å². The van der Waals surface area contributed by atoms with Crippen molar-refractivity contribution >= 4 is 21.1 Å². The van der Waals surface area contributed by atoms with Gasteiger partial charge in [0.25, 0.3) is 0 Å². The van der Waals surface area contributed by atoms with Crippen LogP contribution < -0.4 is 9.32 Å². The molecule has 47 heavy (non-hydrogen) atoms. The van der Waals surface area contributed by atoms with Gasteiger partial charge >= 0.3 is 22.4 Å². The molecule has 6 nitrogen and oxygen atoms in total. The van der Waals surface area contributed by atoms with E-state index in [1.165, 1.54) is 32.1 Å². The van der Waals surface area contributed by atoms with Crippen molar-refractivity contribution in [2.75, 3.05) is 11.5 Å². The summed E-state index contributed by atoms with van der Waals surface area (Å²) in [7, 11) is -5.59. The average molecular weight is 712 g/mol. The third-order valence-electron chi connectivity index (χ3n) is 12.3. The van der Waals surface area contributed by atoms with Gasteiger partial charge in [0.1, 0.15) is 5.75 Å². The van der Waals surface area contributed by atoms with Gasteiger partial charge in [-0.3, -0.25) is 4.21 Å². The van der Waals surface area contributed by atoms with Crippen LogP contribution in [-0.4, -0.2) is 41.3 Å². The molecule has 0 amide bonds. The maximum Gasteiger partial charge on any atom is 0.453 e. The molecule has 4 aliphatic rings. The maximum atomic E-state index is 13.0. The van der Waals surface area contributed by atoms with Crippen LogP contribution in [-0.2, 0) is 21.1 Å². The van der Waals surface area contributed by atoms with Crippen molar-refractivity contribution in [3.05, 3.63) is 29.3 Å². The molecule has 13 heteroatoms. The molecule has 0 aliphatic heterocycles. The number of rotatable bonds is 16. The number of aliphatic hydroxyl groups excluding tert-OH is 1. The number of hydrogen-bond acceptors (Lipinski definition) is 5. The highest BCUT2D eigenvalue weighted by atomic mass is 32.2. The minimum absolute atomic E-state index is 0.0711. The molecule has 1 aromatic carbocycles. The van der Waals surface area contributed by atoms with E-state index in [-0.39, 0.29) is 17.4 Å². The quantitative estimate of drug-likeness (QED) is 0.132. The summed E-state index contributed by atoms with van der Waals surface area (Å²) < 4.78 is 103. The molecule has 1 aromatic rings. The van der Waals surface area contributed by atoms with Crippen molar-refractivity contribution < 1.29 is 43.9 Å². The smallest absolute Gasteiger partial charge is 0.388 e. The first-order valence-electron chi connectivity index (χ1n) is 17.3. The van der Waals surface area contributed by atoms with Gasteiger partial charge in [0.15, 0.2) is 0 Å². The van der Waals surface area contributed by atoms with Gasteiger partial charge in [0.05, 0.1) is 6.10 Å². The van der Waals surface area contributed by atoms with Crippen molar-refractivity contribution in [1.82, 2.24) is 0 Å². The van der Waals surface area contributed by atoms with Gasteiger partial charge in [-0.25, -0.2) is 0 Å². The Morgan fingerprint density at radius 3 is 2.19 bits per heavy atom. The van der Waals surface area contributed by atoms with Crippen LogP contribution in [0.25, 0.3) is 0 Å². The standard InChI is InChI=1S/C34H50F5NO5S2/c1-31-16-13-25-24-12-11-23(45-47(40,43)44)22-27(24)30(41)26(29(25)28(31)14-17-32(31)18-19-32)10-7-5-3-2-4-6-8-20-46(42)21-9-15-33(35,36)34(37,38)39/h11-12,22,25-26,28-30,41H,2-10,13-21H2,1H3,(H2,40,43,44)/t25?,26-,28?,29?,30-,31-,46?/m0/s1. The topological polar surface area (TPSA) is 107 Å². The summed E-state index contributed by atoms with van der Waals surface area (Å²) >= 11 is 0. The summed E-state index contributed by atoms with van der Waals surface area (Å²) in [5.74, 6) is -3.13. The third kappa shape index (κ3) is 8.03. The number of aliphatic hydroxyl groups is 1. The molecule has 0 bridgehead atoms. The second-order valence-electron chi connectivity index (χ2n) is 15.0. The van der Waals surface area contributed by atoms with Gasteiger partial charge in [-0.2, -0.15) is 35.5 Å². The molecule has 268 valence electrons. The van der Waals surface area contributed by atoms with Gasteiger partial charge < -0.3 is 9.29 Å². The number of unbranched alkanes of at least 4 members (excludes halogenated alkanes) is 6. The predicted octanol–water partition coefficient (Wildman–Crippen LogP) is 8.47. The Hall–Kier alpha value is -1.31. The molecular formula is C34H50F5NO5S2. The lowest BCUT2D eigenvalue weighted by atomic mass is 9.50. The summed E-state index contributed by atoms with van der Waals surface area (Å²) in [4.78, 5) is 0. The van der Waals surface area contributed by atoms with Crippen LogP contribution in [0.5, 0.6) is 5.75 Å². The summed E-state index contributed by atoms with van der Waals surface area (Å²) in [6.07, 6.45) is 6.58. The van der Waals surface area contributed by atoms with E-state index in [9.17, 15) is 39.7 Å². The minimum Gasteiger partial charge on any atom is -0.388 e. The normalized spacial score (nSPS) is 30.4. The molecule has 0 saturated heterocycles. The summed E-state index contributed by atoms with van der Waals surface area (Å²) in [6.45, 7) is 2.50. The molecule has 3 fully saturated rings. The zero-order chi connectivity index (χ0) is 34.3. The fourth-order valence-electron chi connectivity index (χ4n) is 9.71. The zero-order valence-electron chi connectivity index (χ0n) is 27.2. The number of halogens is 5. The van der Waals surface area contributed by atoms with E-state index < -0.39 is 52.1 Å². The Morgan fingerprint density at radius 2 is 1.55 bits per heavy atom. The highest BCUT2D eigenvalue weighted by Crippen LogP contribution is 2.76. The van der Waals surface area contributed by atoms with Crippen LogP contribution in [0.1, 0.15) is 133 Å². The summed E-state index contributed by atoms with van der Waals surface area (Å²) in [5.41, 5.74) is 2.64. The molecule has 1 spiro atoms. The fourth-order valence-corrected chi connectivity index (χ4v) is 11.3. The van der Waals surface area contributed by atoms with Gasteiger partial charge in [-0.1, -0.05) is 51.5 Å². The highest BCUT2D eigenvalue weighted by Gasteiger charge is 2.67. The Balaban J connectivity index is 1.10. The molecule has 4 aliphatic carbocycles. The van der Waals surface area contributed by atoms with Gasteiger partial charge in [0.2, 0.25) is 0 Å². The zero-order valence-corrected chi connectivity index (χ0v) is 28.8. The molecular weight excluding hydrogens is 662 g/mol. The molecule has 4 unspecified atom stereocenters. The van der Waals surface area contributed by atoms with Crippen molar-refractivity contribution in [3.8, 4) is 5.75 Å². The van der Waals surface area contributed by atoms with Gasteiger partial charge in [0, 0.05) is 28.7 Å². The number of fused-ring (bicyclic) bond motifs is 6. The van der Waals surface area contributed by atoms with E-state index in [0.717, 1.165) is 62.5 Å². The van der Waals surface area contributed by atoms with Crippen LogP contribution in [0.4, 0.5) is 22.0 Å². The average Bonchev–Trinajstić information content (AvgIpc) is 3.71. The van der Waals surface area contributed by atoms with Crippen LogP contribution in [0, 0.1) is 28.6 Å². The molecule has 3 N–H and O–H groups in total. The molecule has 0 aromatic heterocycles. The van der Waals surface area contributed by atoms with E-state index in [4.69, 9.17) is 9.32 Å². The molecule has 0 radical (unpaired) electrons. The third-order valence-corrected chi connectivity index (χ3v) is 14.2. The summed E-state index contributed by atoms with van der Waals surface area (Å²) in [5, 5.41) is 17.0. The fraction of sp³-hybridized carbons (Fsp3) is 0.824. The van der Waals surface area contributed by atoms with Gasteiger partial charge in [-0.05, 0) is 116 Å². The SMILES string of the molecule is C[C@]12CCC3c4ccc(OS(N)(=O)=O)cc4[C@@H](O)[C@@H](CCCCCCCCCS(=O)CCCC(F)(F)C(F)(F)F)C3C1CCC21CC1.